The summed E-state index contributed by atoms with van der Waals surface area (Å²) < 4.78 is 6.84. The third-order valence-corrected chi connectivity index (χ3v) is 3.97. The number of methoxy groups -OCH3 is 1. The van der Waals surface area contributed by atoms with Gasteiger partial charge in [-0.05, 0) is 40.3 Å². The van der Waals surface area contributed by atoms with Gasteiger partial charge in [0.1, 0.15) is 5.75 Å². The fourth-order valence-electron chi connectivity index (χ4n) is 1.95. The number of nitrogens with zero attached hydrogens (tertiary/aromatic N) is 3. The molecule has 6 nitrogen and oxygen atoms in total. The lowest BCUT2D eigenvalue weighted by atomic mass is 10.2. The monoisotopic (exact) mass is 314 g/mol. The van der Waals surface area contributed by atoms with Crippen molar-refractivity contribution in [3.8, 4) is 22.0 Å². The predicted octanol–water partition coefficient (Wildman–Crippen LogP) is 3.00. The Bertz CT molecular complexity index is 798. The zero-order valence-electron chi connectivity index (χ0n) is 11.7. The van der Waals surface area contributed by atoms with Gasteiger partial charge in [-0.1, -0.05) is 0 Å². The van der Waals surface area contributed by atoms with Crippen molar-refractivity contribution in [2.24, 2.45) is 0 Å². The summed E-state index contributed by atoms with van der Waals surface area (Å²) in [6.07, 6.45) is 0. The number of nitro groups is 1. The molecule has 7 heteroatoms. The van der Waals surface area contributed by atoms with Gasteiger partial charge in [0.2, 0.25) is 5.69 Å². The Hall–Kier alpha value is -2.80. The van der Waals surface area contributed by atoms with Crippen LogP contribution in [0.3, 0.4) is 0 Å². The van der Waals surface area contributed by atoms with Crippen LogP contribution < -0.4 is 9.42 Å². The van der Waals surface area contributed by atoms with Crippen LogP contribution in [0.4, 0.5) is 5.69 Å². The van der Waals surface area contributed by atoms with E-state index in [2.05, 4.69) is 5.10 Å². The van der Waals surface area contributed by atoms with Gasteiger partial charge in [-0.2, -0.15) is 0 Å². The van der Waals surface area contributed by atoms with Crippen LogP contribution in [0.25, 0.3) is 16.3 Å². The van der Waals surface area contributed by atoms with Crippen LogP contribution in [0.1, 0.15) is 0 Å². The summed E-state index contributed by atoms with van der Waals surface area (Å²) in [5.74, 6) is 0.795. The lowest BCUT2D eigenvalue weighted by Gasteiger charge is -1.98. The molecule has 0 aliphatic carbocycles. The maximum atomic E-state index is 10.7. The van der Waals surface area contributed by atoms with Gasteiger partial charge < -0.3 is 4.74 Å². The molecule has 0 aliphatic rings. The Morgan fingerprint density at radius 3 is 2.41 bits per heavy atom. The highest BCUT2D eigenvalue weighted by atomic mass is 32.1. The van der Waals surface area contributed by atoms with Crippen molar-refractivity contribution in [3.05, 3.63) is 64.2 Å². The molecule has 0 bridgehead atoms. The minimum atomic E-state index is -0.418. The molecule has 0 amide bonds. The Kier molecular flexibility index (Phi) is 3.80. The molecule has 0 radical (unpaired) electrons. The number of rotatable bonds is 4. The summed E-state index contributed by atoms with van der Waals surface area (Å²) in [5.41, 5.74) is 3.70. The minimum absolute atomic E-state index is 0.0648. The lowest BCUT2D eigenvalue weighted by Crippen LogP contribution is -2.31. The quantitative estimate of drug-likeness (QED) is 0.422. The molecule has 0 saturated heterocycles. The molecule has 2 aromatic carbocycles. The predicted molar refractivity (Wildman–Crippen MR) is 82.3 cm³/mol. The van der Waals surface area contributed by atoms with Gasteiger partial charge in [0.25, 0.3) is 11.2 Å². The maximum Gasteiger partial charge on any atom is 0.269 e. The molecule has 3 aromatic rings. The molecule has 0 atom stereocenters. The largest absolute Gasteiger partial charge is 0.497 e. The highest BCUT2D eigenvalue weighted by molar-refractivity contribution is 7.12. The van der Waals surface area contributed by atoms with Crippen LogP contribution >= 0.6 is 11.3 Å². The molecule has 0 spiro atoms. The highest BCUT2D eigenvalue weighted by Gasteiger charge is 2.15. The van der Waals surface area contributed by atoms with Gasteiger partial charge in [0, 0.05) is 34.9 Å². The van der Waals surface area contributed by atoms with E-state index < -0.39 is 4.92 Å². The van der Waals surface area contributed by atoms with E-state index in [0.717, 1.165) is 22.0 Å². The number of hydrogen-bond donors (Lipinski definition) is 0. The smallest absolute Gasteiger partial charge is 0.269 e. The number of nitro benzene ring substituents is 1. The second-order valence-electron chi connectivity index (χ2n) is 4.47. The number of non-ortho nitro benzene ring substituents is 1. The number of aromatic nitrogens is 2. The van der Waals surface area contributed by atoms with Crippen LogP contribution in [-0.2, 0) is 0 Å². The molecule has 1 aromatic heterocycles. The summed E-state index contributed by atoms with van der Waals surface area (Å²) in [6, 6.07) is 13.9. The van der Waals surface area contributed by atoms with Crippen molar-refractivity contribution < 1.29 is 14.3 Å². The first-order valence-electron chi connectivity index (χ1n) is 6.44. The molecule has 0 N–H and O–H groups in total. The van der Waals surface area contributed by atoms with Crippen LogP contribution in [0.5, 0.6) is 5.75 Å². The van der Waals surface area contributed by atoms with Crippen molar-refractivity contribution in [3.63, 3.8) is 0 Å². The zero-order valence-corrected chi connectivity index (χ0v) is 12.5. The average molecular weight is 314 g/mol. The highest BCUT2D eigenvalue weighted by Crippen LogP contribution is 2.23. The van der Waals surface area contributed by atoms with Gasteiger partial charge in [0.05, 0.1) is 12.0 Å². The summed E-state index contributed by atoms with van der Waals surface area (Å²) in [7, 11) is 1.63. The van der Waals surface area contributed by atoms with Gasteiger partial charge in [-0.25, -0.2) is 0 Å². The second-order valence-corrected chi connectivity index (χ2v) is 5.31. The molecule has 22 heavy (non-hydrogen) atoms. The van der Waals surface area contributed by atoms with E-state index in [0.29, 0.717) is 0 Å². The fourth-order valence-corrected chi connectivity index (χ4v) is 2.73. The van der Waals surface area contributed by atoms with E-state index in [4.69, 9.17) is 4.74 Å². The van der Waals surface area contributed by atoms with Crippen molar-refractivity contribution >= 4 is 17.0 Å². The zero-order chi connectivity index (χ0) is 15.5. The van der Waals surface area contributed by atoms with E-state index in [1.54, 1.807) is 23.9 Å². The topological polar surface area (TPSA) is 69.1 Å². The van der Waals surface area contributed by atoms with Crippen LogP contribution in [0.2, 0.25) is 0 Å². The first kappa shape index (κ1) is 14.2. The van der Waals surface area contributed by atoms with Gasteiger partial charge in [-0.3, -0.25) is 10.1 Å². The van der Waals surface area contributed by atoms with Crippen LogP contribution in [0.15, 0.2) is 54.0 Å². The maximum absolute atomic E-state index is 10.7. The third-order valence-electron chi connectivity index (χ3n) is 3.12. The van der Waals surface area contributed by atoms with Crippen molar-refractivity contribution in [2.45, 2.75) is 0 Å². The van der Waals surface area contributed by atoms with E-state index in [9.17, 15) is 10.1 Å². The minimum Gasteiger partial charge on any atom is -0.497 e. The standard InChI is InChI=1S/C15H12N3O3S/c1-21-14-8-2-11(3-9-14)15-16-17(10-22-15)12-4-6-13(7-5-12)18(19)20/h2-10H,1H3/q+1. The molecule has 0 unspecified atom stereocenters. The molecular formula is C15H12N3O3S+. The molecular weight excluding hydrogens is 302 g/mol. The summed E-state index contributed by atoms with van der Waals surface area (Å²) in [4.78, 5) is 10.2. The first-order valence-corrected chi connectivity index (χ1v) is 7.32. The van der Waals surface area contributed by atoms with Gasteiger partial charge in [0.15, 0.2) is 5.01 Å². The van der Waals surface area contributed by atoms with E-state index >= 15 is 0 Å². The molecule has 1 heterocycles. The average Bonchev–Trinajstić information content (AvgIpc) is 3.05. The van der Waals surface area contributed by atoms with Crippen molar-refractivity contribution in [1.82, 2.24) is 5.10 Å². The van der Waals surface area contributed by atoms with Gasteiger partial charge >= 0.3 is 0 Å². The van der Waals surface area contributed by atoms with Crippen molar-refractivity contribution in [1.29, 1.82) is 0 Å². The normalized spacial score (nSPS) is 10.4. The Morgan fingerprint density at radius 1 is 1.14 bits per heavy atom. The fraction of sp³-hybridized carbons (Fsp3) is 0.0667. The van der Waals surface area contributed by atoms with Gasteiger partial charge in [-0.15, -0.1) is 0 Å². The van der Waals surface area contributed by atoms with E-state index in [-0.39, 0.29) is 5.69 Å². The Morgan fingerprint density at radius 2 is 1.82 bits per heavy atom. The first-order chi connectivity index (χ1) is 10.7. The van der Waals surface area contributed by atoms with Crippen LogP contribution in [-0.4, -0.2) is 17.1 Å². The lowest BCUT2D eigenvalue weighted by molar-refractivity contribution is -0.653. The number of hydrogen-bond acceptors (Lipinski definition) is 5. The Balaban J connectivity index is 1.87. The SMILES string of the molecule is COc1ccc(-c2n[n+](-c3ccc([N+](=O)[O-])cc3)cs2)cc1. The van der Waals surface area contributed by atoms with Crippen LogP contribution in [0, 0.1) is 10.1 Å². The Labute approximate surface area is 130 Å². The summed E-state index contributed by atoms with van der Waals surface area (Å²) in [5, 5.41) is 16.0. The van der Waals surface area contributed by atoms with E-state index in [1.807, 2.05) is 29.8 Å². The van der Waals surface area contributed by atoms with Crippen molar-refractivity contribution in [2.75, 3.05) is 7.11 Å². The molecule has 110 valence electrons. The molecule has 0 fully saturated rings. The molecule has 0 saturated carbocycles. The number of benzene rings is 2. The van der Waals surface area contributed by atoms with E-state index in [1.165, 1.54) is 23.5 Å². The summed E-state index contributed by atoms with van der Waals surface area (Å²) >= 11 is 1.50. The molecule has 0 aliphatic heterocycles. The molecule has 3 rings (SSSR count). The third kappa shape index (κ3) is 2.79. The number of ether oxygens (including phenoxy) is 1. The second kappa shape index (κ2) is 5.90. The summed E-state index contributed by atoms with van der Waals surface area (Å²) in [6.45, 7) is 0.